The topological polar surface area (TPSA) is 121 Å². The van der Waals surface area contributed by atoms with Gasteiger partial charge in [0.15, 0.2) is 5.01 Å². The quantitative estimate of drug-likeness (QED) is 0.370. The van der Waals surface area contributed by atoms with E-state index in [2.05, 4.69) is 34.5 Å². The number of carbonyl (C=O) groups is 2. The molecule has 1 fully saturated rings. The van der Waals surface area contributed by atoms with Crippen LogP contribution in [0.25, 0.3) is 10.8 Å². The summed E-state index contributed by atoms with van der Waals surface area (Å²) in [5, 5.41) is 29.1. The molecule has 2 heterocycles. The molecule has 1 aliphatic rings. The minimum Gasteiger partial charge on any atom is -0.550 e. The molecule has 8 nitrogen and oxygen atoms in total. The monoisotopic (exact) mass is 538 g/mol. The number of carbonyl (C=O) groups excluding carboxylic acids is 2. The van der Waals surface area contributed by atoms with Crippen molar-refractivity contribution in [1.29, 1.82) is 0 Å². The van der Waals surface area contributed by atoms with E-state index >= 15 is 0 Å². The van der Waals surface area contributed by atoms with Gasteiger partial charge in [-0.3, -0.25) is 4.79 Å². The summed E-state index contributed by atoms with van der Waals surface area (Å²) in [5.74, 6) is -0.609. The van der Waals surface area contributed by atoms with Crippen LogP contribution in [0.4, 0.5) is 5.69 Å². The number of carboxylic acid groups (broad SMARTS) is 1. The summed E-state index contributed by atoms with van der Waals surface area (Å²) < 4.78 is 5.76. The Morgan fingerprint density at radius 2 is 2.03 bits per heavy atom. The third-order valence-electron chi connectivity index (χ3n) is 5.90. The zero-order valence-corrected chi connectivity index (χ0v) is 24.5. The minimum atomic E-state index is -1.17. The first-order chi connectivity index (χ1) is 16.7. The van der Waals surface area contributed by atoms with Crippen molar-refractivity contribution in [3.63, 3.8) is 0 Å². The van der Waals surface area contributed by atoms with E-state index in [1.54, 1.807) is 12.1 Å². The second-order valence-corrected chi connectivity index (χ2v) is 11.0. The number of halogens is 1. The summed E-state index contributed by atoms with van der Waals surface area (Å²) in [6, 6.07) is 5.38. The standard InChI is InChI=1S/C25H29ClN4O4S.Na/c1-13(2)10-20-28-29-25(35-20)24-22(15-5-6-15)23(30-34-24)16(7-9-21(32)33)12-19(31)27-18-8-4-14(3)11-17(18)26;/h4,8,11,13,15-16H,5-7,9-10,12H2,1-3H3,(H,27,31)(H,32,33);/q;+1/p-1/t16-;/m0./s1. The van der Waals surface area contributed by atoms with Crippen LogP contribution in [-0.2, 0) is 16.0 Å². The molecule has 4 rings (SSSR count). The molecule has 11 heteroatoms. The van der Waals surface area contributed by atoms with E-state index in [1.165, 1.54) is 11.3 Å². The predicted octanol–water partition coefficient (Wildman–Crippen LogP) is 1.88. The number of carboxylic acids is 1. The molecule has 3 aromatic rings. The van der Waals surface area contributed by atoms with Gasteiger partial charge in [0.1, 0.15) is 5.01 Å². The second-order valence-electron chi connectivity index (χ2n) is 9.53. The third-order valence-corrected chi connectivity index (χ3v) is 7.16. The van der Waals surface area contributed by atoms with Crippen LogP contribution in [-0.4, -0.2) is 27.2 Å². The zero-order valence-electron chi connectivity index (χ0n) is 21.0. The maximum Gasteiger partial charge on any atom is 1.00 e. The number of anilines is 1. The van der Waals surface area contributed by atoms with Gasteiger partial charge in [0.05, 0.1) is 16.4 Å². The van der Waals surface area contributed by atoms with Gasteiger partial charge in [-0.2, -0.15) is 0 Å². The average Bonchev–Trinajstić information content (AvgIpc) is 3.36. The minimum absolute atomic E-state index is 0. The van der Waals surface area contributed by atoms with Gasteiger partial charge in [-0.1, -0.05) is 48.0 Å². The van der Waals surface area contributed by atoms with E-state index in [0.717, 1.165) is 35.4 Å². The maximum absolute atomic E-state index is 12.9. The smallest absolute Gasteiger partial charge is 0.550 e. The molecular formula is C25H28ClN4NaO4S. The number of rotatable bonds is 11. The Balaban J connectivity index is 0.00000361. The van der Waals surface area contributed by atoms with Crippen LogP contribution in [0, 0.1) is 12.8 Å². The largest absolute Gasteiger partial charge is 1.00 e. The number of amides is 1. The number of hydrogen-bond acceptors (Lipinski definition) is 8. The van der Waals surface area contributed by atoms with E-state index < -0.39 is 11.9 Å². The van der Waals surface area contributed by atoms with Crippen molar-refractivity contribution < 1.29 is 48.8 Å². The van der Waals surface area contributed by atoms with Crippen LogP contribution in [0.5, 0.6) is 0 Å². The van der Waals surface area contributed by atoms with Crippen molar-refractivity contribution in [2.24, 2.45) is 5.92 Å². The molecule has 1 saturated carbocycles. The average molecular weight is 539 g/mol. The number of aryl methyl sites for hydroxylation is 1. The third kappa shape index (κ3) is 7.38. The van der Waals surface area contributed by atoms with E-state index in [1.807, 2.05) is 13.0 Å². The van der Waals surface area contributed by atoms with Gasteiger partial charge in [-0.25, -0.2) is 0 Å². The van der Waals surface area contributed by atoms with Crippen molar-refractivity contribution in [3.05, 3.63) is 45.1 Å². The number of aromatic nitrogens is 3. The van der Waals surface area contributed by atoms with Crippen molar-refractivity contribution in [1.82, 2.24) is 15.4 Å². The normalized spacial score (nSPS) is 13.9. The zero-order chi connectivity index (χ0) is 25.1. The Bertz CT molecular complexity index is 1220. The van der Waals surface area contributed by atoms with E-state index in [4.69, 9.17) is 16.1 Å². The summed E-state index contributed by atoms with van der Waals surface area (Å²) in [6.45, 7) is 6.17. The Morgan fingerprint density at radius 1 is 1.28 bits per heavy atom. The first-order valence-corrected chi connectivity index (χ1v) is 13.0. The second kappa shape index (κ2) is 12.6. The van der Waals surface area contributed by atoms with Gasteiger partial charge in [0, 0.05) is 30.3 Å². The maximum atomic E-state index is 12.9. The molecule has 1 amide bonds. The van der Waals surface area contributed by atoms with Gasteiger partial charge in [-0.05, 0) is 62.1 Å². The molecule has 36 heavy (non-hydrogen) atoms. The molecule has 0 saturated heterocycles. The van der Waals surface area contributed by atoms with Crippen molar-refractivity contribution in [2.75, 3.05) is 5.32 Å². The molecule has 2 aromatic heterocycles. The number of aliphatic carboxylic acids is 1. The van der Waals surface area contributed by atoms with E-state index in [9.17, 15) is 14.7 Å². The van der Waals surface area contributed by atoms with Gasteiger partial charge < -0.3 is 19.7 Å². The fraction of sp³-hybridized carbons (Fsp3) is 0.480. The summed E-state index contributed by atoms with van der Waals surface area (Å²) >= 11 is 7.75. The molecule has 1 aromatic carbocycles. The van der Waals surface area contributed by atoms with Crippen LogP contribution in [0.1, 0.15) is 79.6 Å². The number of hydrogen-bond donors (Lipinski definition) is 1. The van der Waals surface area contributed by atoms with Crippen LogP contribution in [0.2, 0.25) is 5.02 Å². The summed E-state index contributed by atoms with van der Waals surface area (Å²) in [4.78, 5) is 24.2. The van der Waals surface area contributed by atoms with Crippen LogP contribution in [0.3, 0.4) is 0 Å². The van der Waals surface area contributed by atoms with Crippen molar-refractivity contribution >= 4 is 40.5 Å². The Hall–Kier alpha value is -1.78. The molecular weight excluding hydrogens is 511 g/mol. The van der Waals surface area contributed by atoms with Gasteiger partial charge in [0.2, 0.25) is 11.7 Å². The fourth-order valence-electron chi connectivity index (χ4n) is 4.08. The van der Waals surface area contributed by atoms with Gasteiger partial charge >= 0.3 is 29.6 Å². The number of nitrogens with zero attached hydrogens (tertiary/aromatic N) is 3. The van der Waals surface area contributed by atoms with E-state index in [-0.39, 0.29) is 60.6 Å². The molecule has 0 radical (unpaired) electrons. The first kappa shape index (κ1) is 28.8. The first-order valence-electron chi connectivity index (χ1n) is 11.8. The molecule has 186 valence electrons. The molecule has 0 aliphatic heterocycles. The van der Waals surface area contributed by atoms with Crippen molar-refractivity contribution in [2.45, 2.75) is 71.1 Å². The summed E-state index contributed by atoms with van der Waals surface area (Å²) in [7, 11) is 0. The van der Waals surface area contributed by atoms with Crippen LogP contribution in [0.15, 0.2) is 22.7 Å². The molecule has 0 spiro atoms. The van der Waals surface area contributed by atoms with E-state index in [0.29, 0.717) is 33.1 Å². The van der Waals surface area contributed by atoms with Crippen LogP contribution < -0.4 is 40.0 Å². The van der Waals surface area contributed by atoms with Gasteiger partial charge in [-0.15, -0.1) is 10.2 Å². The Kier molecular flexibility index (Phi) is 10.1. The number of benzene rings is 1. The molecule has 1 N–H and O–H groups in total. The Labute approximate surface area is 241 Å². The molecule has 0 unspecified atom stereocenters. The van der Waals surface area contributed by atoms with Crippen LogP contribution >= 0.6 is 22.9 Å². The Morgan fingerprint density at radius 3 is 2.67 bits per heavy atom. The molecule has 0 bridgehead atoms. The SMILES string of the molecule is Cc1ccc(NC(=O)C[C@H](CCC(=O)[O-])c2noc(-c3nnc(CC(C)C)s3)c2C2CC2)c(Cl)c1.[Na+]. The van der Waals surface area contributed by atoms with Crippen molar-refractivity contribution in [3.8, 4) is 10.8 Å². The fourth-order valence-corrected chi connectivity index (χ4v) is 5.40. The molecule has 1 aliphatic carbocycles. The summed E-state index contributed by atoms with van der Waals surface area (Å²) in [6.07, 6.45) is 2.85. The summed E-state index contributed by atoms with van der Waals surface area (Å²) in [5.41, 5.74) is 3.03. The molecule has 1 atom stereocenters. The predicted molar refractivity (Wildman–Crippen MR) is 132 cm³/mol. The van der Waals surface area contributed by atoms with Gasteiger partial charge in [0.25, 0.3) is 0 Å². The number of nitrogens with one attached hydrogen (secondary N) is 1.